The molecule has 0 aromatic carbocycles. The van der Waals surface area contributed by atoms with Gasteiger partial charge in [-0.3, -0.25) is 4.98 Å². The summed E-state index contributed by atoms with van der Waals surface area (Å²) in [6.45, 7) is 7.21. The van der Waals surface area contributed by atoms with Crippen LogP contribution in [0.5, 0.6) is 0 Å². The van der Waals surface area contributed by atoms with Gasteiger partial charge in [-0.05, 0) is 12.5 Å². The standard InChI is InChI=1S/C22H24N6OS/c1-4-5-7-25-21(17-6-10-27(3)16(17)2)28-11-12-30-20(15-28)19-14-26-22(29-19)18-13-23-8-9-24-18/h6-10,13-15H,2,4-5,11-12H2,1,3H3/b21-17+,25-7-. The van der Waals surface area contributed by atoms with Crippen LogP contribution in [0.15, 0.2) is 52.7 Å². The summed E-state index contributed by atoms with van der Waals surface area (Å²) in [5.74, 6) is 3.00. The summed E-state index contributed by atoms with van der Waals surface area (Å²) < 4.78 is 7.99. The molecule has 0 fully saturated rings. The number of thioether (sulfide) groups is 1. The van der Waals surface area contributed by atoms with Crippen molar-refractivity contribution in [3.8, 4) is 11.6 Å². The maximum Gasteiger partial charge on any atom is 0.247 e. The van der Waals surface area contributed by atoms with Gasteiger partial charge >= 0.3 is 0 Å². The summed E-state index contributed by atoms with van der Waals surface area (Å²) in [6, 6.07) is 2.07. The number of aliphatic imine (C=N–C) groups is 1. The first-order valence-electron chi connectivity index (χ1n) is 9.88. The molecular formula is C22H24N6OS. The van der Waals surface area contributed by atoms with E-state index in [1.165, 1.54) is 0 Å². The fraction of sp³-hybridized carbons (Fsp3) is 0.273. The molecule has 0 spiro atoms. The quantitative estimate of drug-likeness (QED) is 0.571. The largest absolute Gasteiger partial charge is 0.434 e. The van der Waals surface area contributed by atoms with Gasteiger partial charge in [0.25, 0.3) is 0 Å². The van der Waals surface area contributed by atoms with Crippen LogP contribution in [-0.4, -0.2) is 42.9 Å². The molecule has 0 unspecified atom stereocenters. The Morgan fingerprint density at radius 1 is 1.33 bits per heavy atom. The van der Waals surface area contributed by atoms with Gasteiger partial charge in [-0.25, -0.2) is 15.0 Å². The first-order chi connectivity index (χ1) is 14.7. The third-order valence-electron chi connectivity index (χ3n) is 4.74. The molecular weight excluding hydrogens is 396 g/mol. The van der Waals surface area contributed by atoms with Crippen LogP contribution < -0.4 is 10.6 Å². The molecule has 3 aromatic rings. The van der Waals surface area contributed by atoms with Crippen molar-refractivity contribution < 1.29 is 4.42 Å². The van der Waals surface area contributed by atoms with Gasteiger partial charge in [0.05, 0.1) is 17.3 Å². The highest BCUT2D eigenvalue weighted by Gasteiger charge is 2.20. The average Bonchev–Trinajstić information content (AvgIpc) is 3.40. The van der Waals surface area contributed by atoms with Gasteiger partial charge in [0.1, 0.15) is 11.5 Å². The second-order valence-electron chi connectivity index (χ2n) is 6.87. The number of aromatic nitrogens is 4. The molecule has 0 atom stereocenters. The molecule has 0 amide bonds. The van der Waals surface area contributed by atoms with Crippen LogP contribution in [0.3, 0.4) is 0 Å². The van der Waals surface area contributed by atoms with Crippen LogP contribution in [0.25, 0.3) is 28.9 Å². The maximum atomic E-state index is 5.98. The molecule has 4 rings (SSSR count). The second-order valence-corrected chi connectivity index (χ2v) is 8.00. The highest BCUT2D eigenvalue weighted by atomic mass is 32.2. The predicted molar refractivity (Wildman–Crippen MR) is 122 cm³/mol. The lowest BCUT2D eigenvalue weighted by molar-refractivity contribution is 0.539. The average molecular weight is 421 g/mol. The maximum absolute atomic E-state index is 5.98. The molecule has 0 saturated heterocycles. The summed E-state index contributed by atoms with van der Waals surface area (Å²) in [4.78, 5) is 20.7. The van der Waals surface area contributed by atoms with Crippen LogP contribution in [0, 0.1) is 0 Å². The zero-order valence-electron chi connectivity index (χ0n) is 17.2. The van der Waals surface area contributed by atoms with E-state index in [2.05, 4.69) is 45.6 Å². The first kappa shape index (κ1) is 20.2. The van der Waals surface area contributed by atoms with Gasteiger partial charge in [0, 0.05) is 60.9 Å². The molecule has 1 aliphatic heterocycles. The van der Waals surface area contributed by atoms with Crippen molar-refractivity contribution in [3.05, 3.63) is 59.6 Å². The molecule has 7 nitrogen and oxygen atoms in total. The van der Waals surface area contributed by atoms with E-state index in [9.17, 15) is 0 Å². The van der Waals surface area contributed by atoms with E-state index in [0.29, 0.717) is 17.3 Å². The molecule has 0 aliphatic carbocycles. The van der Waals surface area contributed by atoms with E-state index in [0.717, 1.165) is 46.4 Å². The Kier molecular flexibility index (Phi) is 6.13. The fourth-order valence-electron chi connectivity index (χ4n) is 3.06. The van der Waals surface area contributed by atoms with E-state index in [1.54, 1.807) is 36.5 Å². The summed E-state index contributed by atoms with van der Waals surface area (Å²) in [5.41, 5.74) is 0.615. The van der Waals surface area contributed by atoms with Crippen molar-refractivity contribution in [2.75, 3.05) is 12.3 Å². The Morgan fingerprint density at radius 3 is 2.97 bits per heavy atom. The monoisotopic (exact) mass is 420 g/mol. The van der Waals surface area contributed by atoms with Crippen molar-refractivity contribution in [2.24, 2.45) is 12.0 Å². The topological polar surface area (TPSA) is 72.3 Å². The first-order valence-corrected chi connectivity index (χ1v) is 10.9. The number of unbranched alkanes of at least 4 members (excludes halogenated alkanes) is 1. The zero-order valence-corrected chi connectivity index (χ0v) is 18.0. The van der Waals surface area contributed by atoms with Crippen molar-refractivity contribution in [1.29, 1.82) is 0 Å². The minimum Gasteiger partial charge on any atom is -0.434 e. The summed E-state index contributed by atoms with van der Waals surface area (Å²) in [7, 11) is 2.00. The summed E-state index contributed by atoms with van der Waals surface area (Å²) >= 11 is 1.74. The van der Waals surface area contributed by atoms with Crippen LogP contribution in [0.4, 0.5) is 0 Å². The molecule has 0 radical (unpaired) electrons. The number of rotatable bonds is 6. The van der Waals surface area contributed by atoms with Gasteiger partial charge in [0.2, 0.25) is 5.89 Å². The Balaban J connectivity index is 1.71. The summed E-state index contributed by atoms with van der Waals surface area (Å²) in [5, 5.41) is 1.97. The van der Waals surface area contributed by atoms with Crippen LogP contribution >= 0.6 is 11.8 Å². The van der Waals surface area contributed by atoms with Gasteiger partial charge in [-0.2, -0.15) is 0 Å². The molecule has 8 heteroatoms. The Labute approximate surface area is 179 Å². The molecule has 4 heterocycles. The highest BCUT2D eigenvalue weighted by Crippen LogP contribution is 2.34. The molecule has 3 aromatic heterocycles. The summed E-state index contributed by atoms with van der Waals surface area (Å²) in [6.07, 6.45) is 14.7. The Hall–Kier alpha value is -3.13. The molecule has 154 valence electrons. The van der Waals surface area contributed by atoms with Gasteiger partial charge < -0.3 is 13.9 Å². The fourth-order valence-corrected chi connectivity index (χ4v) is 4.01. The molecule has 0 bridgehead atoms. The van der Waals surface area contributed by atoms with Gasteiger partial charge in [0.15, 0.2) is 5.76 Å². The van der Waals surface area contributed by atoms with Crippen molar-refractivity contribution in [3.63, 3.8) is 0 Å². The third-order valence-corrected chi connectivity index (χ3v) is 5.74. The van der Waals surface area contributed by atoms with Crippen molar-refractivity contribution >= 4 is 35.3 Å². The smallest absolute Gasteiger partial charge is 0.247 e. The normalized spacial score (nSPS) is 15.5. The number of nitrogens with zero attached hydrogens (tertiary/aromatic N) is 6. The van der Waals surface area contributed by atoms with Crippen LogP contribution in [0.2, 0.25) is 0 Å². The lowest BCUT2D eigenvalue weighted by atomic mass is 10.3. The molecule has 30 heavy (non-hydrogen) atoms. The molecule has 1 aliphatic rings. The lowest BCUT2D eigenvalue weighted by Gasteiger charge is -2.25. The second kappa shape index (κ2) is 9.13. The van der Waals surface area contributed by atoms with Crippen molar-refractivity contribution in [2.45, 2.75) is 19.8 Å². The van der Waals surface area contributed by atoms with Crippen LogP contribution in [-0.2, 0) is 7.05 Å². The Bertz CT molecular complexity index is 1180. The van der Waals surface area contributed by atoms with E-state index < -0.39 is 0 Å². The minimum atomic E-state index is 0.463. The lowest BCUT2D eigenvalue weighted by Crippen LogP contribution is -2.34. The number of hydrogen-bond acceptors (Lipinski definition) is 7. The third kappa shape index (κ3) is 4.23. The molecule has 0 N–H and O–H groups in total. The van der Waals surface area contributed by atoms with E-state index in [-0.39, 0.29) is 0 Å². The minimum absolute atomic E-state index is 0.463. The van der Waals surface area contributed by atoms with E-state index in [4.69, 9.17) is 9.41 Å². The van der Waals surface area contributed by atoms with E-state index >= 15 is 0 Å². The van der Waals surface area contributed by atoms with E-state index in [1.807, 2.05) is 24.0 Å². The predicted octanol–water partition coefficient (Wildman–Crippen LogP) is 2.86. The number of oxazole rings is 1. The number of hydrogen-bond donors (Lipinski definition) is 0. The molecule has 0 saturated carbocycles. The van der Waals surface area contributed by atoms with Gasteiger partial charge in [-0.1, -0.05) is 19.9 Å². The zero-order chi connectivity index (χ0) is 20.9. The Morgan fingerprint density at radius 2 is 2.23 bits per heavy atom. The van der Waals surface area contributed by atoms with Crippen LogP contribution in [0.1, 0.15) is 25.5 Å². The van der Waals surface area contributed by atoms with Gasteiger partial charge in [-0.15, -0.1) is 11.8 Å². The SMILES string of the molecule is C=c1/c(=C(\N=C/CCC)N2C=C(c3cnc(-c4cnccn4)o3)SCC2)ccn1C. The highest BCUT2D eigenvalue weighted by molar-refractivity contribution is 8.08. The van der Waals surface area contributed by atoms with Crippen molar-refractivity contribution in [1.82, 2.24) is 24.4 Å². The number of aryl methyl sites for hydroxylation is 1.